The van der Waals surface area contributed by atoms with Gasteiger partial charge in [0, 0.05) is 12.1 Å². The lowest BCUT2D eigenvalue weighted by molar-refractivity contribution is 0.271. The van der Waals surface area contributed by atoms with E-state index in [9.17, 15) is 9.50 Å². The summed E-state index contributed by atoms with van der Waals surface area (Å²) in [5.41, 5.74) is 0.665. The Morgan fingerprint density at radius 3 is 2.69 bits per heavy atom. The van der Waals surface area contributed by atoms with Crippen molar-refractivity contribution in [2.24, 2.45) is 0 Å². The summed E-state index contributed by atoms with van der Waals surface area (Å²) in [7, 11) is 0. The van der Waals surface area contributed by atoms with E-state index in [4.69, 9.17) is 0 Å². The highest BCUT2D eigenvalue weighted by molar-refractivity contribution is 5.32. The second-order valence-corrected chi connectivity index (χ2v) is 4.00. The van der Waals surface area contributed by atoms with Crippen molar-refractivity contribution in [2.45, 2.75) is 33.2 Å². The average Bonchev–Trinajstić information content (AvgIpc) is 2.28. The van der Waals surface area contributed by atoms with E-state index in [0.29, 0.717) is 12.1 Å². The molecular formula is C13H20FNO. The summed E-state index contributed by atoms with van der Waals surface area (Å²) in [6.07, 6.45) is 2.27. The van der Waals surface area contributed by atoms with E-state index >= 15 is 0 Å². The maximum atomic E-state index is 13.0. The van der Waals surface area contributed by atoms with Crippen molar-refractivity contribution >= 4 is 0 Å². The van der Waals surface area contributed by atoms with Gasteiger partial charge in [0.1, 0.15) is 11.6 Å². The number of nitrogens with zero attached hydrogens (tertiary/aromatic N) is 1. The minimum atomic E-state index is -0.292. The molecule has 0 aliphatic heterocycles. The number of aromatic hydroxyl groups is 1. The summed E-state index contributed by atoms with van der Waals surface area (Å²) in [6, 6.07) is 4.10. The molecule has 0 aliphatic carbocycles. The molecule has 0 atom stereocenters. The third-order valence-electron chi connectivity index (χ3n) is 2.71. The van der Waals surface area contributed by atoms with Crippen molar-refractivity contribution < 1.29 is 9.50 Å². The van der Waals surface area contributed by atoms with E-state index in [1.807, 2.05) is 0 Å². The number of halogens is 1. The second-order valence-electron chi connectivity index (χ2n) is 4.00. The van der Waals surface area contributed by atoms with E-state index in [1.165, 1.54) is 18.2 Å². The first-order valence-corrected chi connectivity index (χ1v) is 5.87. The molecule has 0 spiro atoms. The van der Waals surface area contributed by atoms with Gasteiger partial charge in [0.2, 0.25) is 0 Å². The summed E-state index contributed by atoms with van der Waals surface area (Å²) in [4.78, 5) is 2.21. The van der Waals surface area contributed by atoms with Crippen LogP contribution < -0.4 is 0 Å². The molecule has 0 heterocycles. The molecule has 16 heavy (non-hydrogen) atoms. The molecule has 0 saturated heterocycles. The molecule has 1 aromatic carbocycles. The van der Waals surface area contributed by atoms with Gasteiger partial charge in [-0.15, -0.1) is 0 Å². The molecule has 0 radical (unpaired) electrons. The highest BCUT2D eigenvalue weighted by Gasteiger charge is 2.07. The summed E-state index contributed by atoms with van der Waals surface area (Å²) < 4.78 is 13.0. The molecule has 3 heteroatoms. The van der Waals surface area contributed by atoms with E-state index in [1.54, 1.807) is 0 Å². The van der Waals surface area contributed by atoms with Gasteiger partial charge in [0.25, 0.3) is 0 Å². The van der Waals surface area contributed by atoms with Crippen LogP contribution >= 0.6 is 0 Å². The fourth-order valence-electron chi connectivity index (χ4n) is 1.65. The number of hydrogen-bond acceptors (Lipinski definition) is 2. The summed E-state index contributed by atoms with van der Waals surface area (Å²) in [6.45, 7) is 6.73. The van der Waals surface area contributed by atoms with Crippen LogP contribution in [0, 0.1) is 5.82 Å². The van der Waals surface area contributed by atoms with Crippen LogP contribution in [0.1, 0.15) is 32.3 Å². The number of phenolic OH excluding ortho intramolecular Hbond substituents is 1. The Bertz CT molecular complexity index is 328. The van der Waals surface area contributed by atoms with Crippen LogP contribution in [0.15, 0.2) is 18.2 Å². The van der Waals surface area contributed by atoms with Crippen molar-refractivity contribution in [3.8, 4) is 5.75 Å². The molecule has 0 fully saturated rings. The quantitative estimate of drug-likeness (QED) is 0.804. The van der Waals surface area contributed by atoms with Crippen molar-refractivity contribution in [3.63, 3.8) is 0 Å². The normalized spacial score (nSPS) is 11.0. The van der Waals surface area contributed by atoms with Gasteiger partial charge in [0.15, 0.2) is 0 Å². The lowest BCUT2D eigenvalue weighted by atomic mass is 10.1. The third kappa shape index (κ3) is 3.81. The monoisotopic (exact) mass is 225 g/mol. The zero-order valence-electron chi connectivity index (χ0n) is 10.0. The average molecular weight is 225 g/mol. The van der Waals surface area contributed by atoms with E-state index in [-0.39, 0.29) is 11.6 Å². The zero-order chi connectivity index (χ0) is 12.0. The van der Waals surface area contributed by atoms with Gasteiger partial charge in [-0.2, -0.15) is 0 Å². The highest BCUT2D eigenvalue weighted by atomic mass is 19.1. The van der Waals surface area contributed by atoms with Crippen molar-refractivity contribution in [1.82, 2.24) is 4.90 Å². The SMILES string of the molecule is CCCCN(CC)Cc1cc(F)ccc1O. The molecule has 1 rings (SSSR count). The van der Waals surface area contributed by atoms with Gasteiger partial charge in [-0.25, -0.2) is 4.39 Å². The first-order valence-electron chi connectivity index (χ1n) is 5.87. The van der Waals surface area contributed by atoms with Crippen LogP contribution in [-0.4, -0.2) is 23.1 Å². The van der Waals surface area contributed by atoms with Crippen molar-refractivity contribution in [3.05, 3.63) is 29.6 Å². The minimum Gasteiger partial charge on any atom is -0.508 e. The molecule has 90 valence electrons. The number of hydrogen-bond donors (Lipinski definition) is 1. The summed E-state index contributed by atoms with van der Waals surface area (Å²) in [5, 5.41) is 9.61. The Kier molecular flexibility index (Phi) is 5.26. The number of unbranched alkanes of at least 4 members (excludes halogenated alkanes) is 1. The van der Waals surface area contributed by atoms with Gasteiger partial charge >= 0.3 is 0 Å². The van der Waals surface area contributed by atoms with Crippen LogP contribution in [0.2, 0.25) is 0 Å². The number of benzene rings is 1. The lowest BCUT2D eigenvalue weighted by Gasteiger charge is -2.20. The minimum absolute atomic E-state index is 0.177. The van der Waals surface area contributed by atoms with Gasteiger partial charge in [0.05, 0.1) is 0 Å². The highest BCUT2D eigenvalue weighted by Crippen LogP contribution is 2.19. The van der Waals surface area contributed by atoms with Crippen LogP contribution in [-0.2, 0) is 6.54 Å². The van der Waals surface area contributed by atoms with Crippen molar-refractivity contribution in [1.29, 1.82) is 0 Å². The topological polar surface area (TPSA) is 23.5 Å². The Morgan fingerprint density at radius 2 is 2.06 bits per heavy atom. The van der Waals surface area contributed by atoms with Crippen LogP contribution in [0.4, 0.5) is 4.39 Å². The smallest absolute Gasteiger partial charge is 0.123 e. The molecule has 0 unspecified atom stereocenters. The summed E-state index contributed by atoms with van der Waals surface area (Å²) >= 11 is 0. The molecule has 0 aliphatic rings. The molecule has 0 bridgehead atoms. The standard InChI is InChI=1S/C13H20FNO/c1-3-5-8-15(4-2)10-11-9-12(14)6-7-13(11)16/h6-7,9,16H,3-5,8,10H2,1-2H3. The van der Waals surface area contributed by atoms with Gasteiger partial charge in [-0.3, -0.25) is 4.90 Å². The Balaban J connectivity index is 2.65. The predicted octanol–water partition coefficient (Wildman–Crippen LogP) is 3.15. The maximum absolute atomic E-state index is 13.0. The largest absolute Gasteiger partial charge is 0.508 e. The van der Waals surface area contributed by atoms with Crippen LogP contribution in [0.5, 0.6) is 5.75 Å². The predicted molar refractivity (Wildman–Crippen MR) is 63.9 cm³/mol. The zero-order valence-corrected chi connectivity index (χ0v) is 10.0. The van der Waals surface area contributed by atoms with Gasteiger partial charge in [-0.1, -0.05) is 20.3 Å². The Morgan fingerprint density at radius 1 is 1.31 bits per heavy atom. The molecule has 0 aromatic heterocycles. The van der Waals surface area contributed by atoms with Gasteiger partial charge in [-0.05, 0) is 37.7 Å². The van der Waals surface area contributed by atoms with E-state index in [2.05, 4.69) is 18.7 Å². The lowest BCUT2D eigenvalue weighted by Crippen LogP contribution is -2.24. The molecule has 1 aromatic rings. The van der Waals surface area contributed by atoms with Crippen molar-refractivity contribution in [2.75, 3.05) is 13.1 Å². The number of rotatable bonds is 6. The summed E-state index contributed by atoms with van der Waals surface area (Å²) in [5.74, 6) is -0.115. The third-order valence-corrected chi connectivity index (χ3v) is 2.71. The van der Waals surface area contributed by atoms with E-state index in [0.717, 1.165) is 25.9 Å². The maximum Gasteiger partial charge on any atom is 0.123 e. The van der Waals surface area contributed by atoms with Gasteiger partial charge < -0.3 is 5.11 Å². The second kappa shape index (κ2) is 6.48. The van der Waals surface area contributed by atoms with Crippen LogP contribution in [0.3, 0.4) is 0 Å². The number of phenols is 1. The Labute approximate surface area is 96.7 Å². The van der Waals surface area contributed by atoms with Crippen LogP contribution in [0.25, 0.3) is 0 Å². The molecule has 0 saturated carbocycles. The Hall–Kier alpha value is -1.09. The molecule has 2 nitrogen and oxygen atoms in total. The molecular weight excluding hydrogens is 205 g/mol. The molecule has 1 N–H and O–H groups in total. The first-order chi connectivity index (χ1) is 7.67. The fraction of sp³-hybridized carbons (Fsp3) is 0.538. The fourth-order valence-corrected chi connectivity index (χ4v) is 1.65. The first kappa shape index (κ1) is 13.0. The van der Waals surface area contributed by atoms with E-state index < -0.39 is 0 Å². The molecule has 0 amide bonds.